The Morgan fingerprint density at radius 3 is 2.56 bits per heavy atom. The predicted molar refractivity (Wildman–Crippen MR) is 86.5 cm³/mol. The molecule has 0 bridgehead atoms. The van der Waals surface area contributed by atoms with Crippen LogP contribution in [-0.2, 0) is 17.5 Å². The SMILES string of the molecule is COc1cc(C)ccc1OCC(=O)NCc1cccc(C(F)(F)F)c1. The molecule has 7 heteroatoms. The minimum Gasteiger partial charge on any atom is -0.493 e. The number of nitrogens with one attached hydrogen (secondary N) is 1. The average Bonchev–Trinajstić information content (AvgIpc) is 2.58. The van der Waals surface area contributed by atoms with Crippen molar-refractivity contribution in [1.29, 1.82) is 0 Å². The maximum absolute atomic E-state index is 12.7. The summed E-state index contributed by atoms with van der Waals surface area (Å²) in [7, 11) is 1.50. The van der Waals surface area contributed by atoms with Crippen LogP contribution in [0.3, 0.4) is 0 Å². The van der Waals surface area contributed by atoms with Gasteiger partial charge < -0.3 is 14.8 Å². The van der Waals surface area contributed by atoms with Gasteiger partial charge in [0.1, 0.15) is 0 Å². The van der Waals surface area contributed by atoms with Gasteiger partial charge in [0.15, 0.2) is 18.1 Å². The Bertz CT molecular complexity index is 745. The quantitative estimate of drug-likeness (QED) is 0.861. The molecule has 0 atom stereocenters. The van der Waals surface area contributed by atoms with Crippen LogP contribution in [0.4, 0.5) is 13.2 Å². The molecule has 0 spiro atoms. The van der Waals surface area contributed by atoms with Crippen LogP contribution in [0.1, 0.15) is 16.7 Å². The Hall–Kier alpha value is -2.70. The van der Waals surface area contributed by atoms with E-state index in [2.05, 4.69) is 5.32 Å². The largest absolute Gasteiger partial charge is 0.493 e. The molecule has 4 nitrogen and oxygen atoms in total. The van der Waals surface area contributed by atoms with Crippen molar-refractivity contribution >= 4 is 5.91 Å². The van der Waals surface area contributed by atoms with Crippen LogP contribution < -0.4 is 14.8 Å². The van der Waals surface area contributed by atoms with Gasteiger partial charge in [0.25, 0.3) is 5.91 Å². The molecular weight excluding hydrogens is 335 g/mol. The first kappa shape index (κ1) is 18.6. The molecule has 2 aromatic carbocycles. The summed E-state index contributed by atoms with van der Waals surface area (Å²) >= 11 is 0. The molecule has 0 aliphatic rings. The molecule has 134 valence electrons. The van der Waals surface area contributed by atoms with Gasteiger partial charge in [-0.2, -0.15) is 13.2 Å². The van der Waals surface area contributed by atoms with Crippen molar-refractivity contribution in [1.82, 2.24) is 5.32 Å². The van der Waals surface area contributed by atoms with Gasteiger partial charge in [0, 0.05) is 6.54 Å². The second-order valence-electron chi connectivity index (χ2n) is 5.42. The third-order valence-electron chi connectivity index (χ3n) is 3.42. The highest BCUT2D eigenvalue weighted by Gasteiger charge is 2.30. The summed E-state index contributed by atoms with van der Waals surface area (Å²) in [5.74, 6) is 0.480. The standard InChI is InChI=1S/C18H18F3NO3/c1-12-6-7-15(16(8-12)24-2)25-11-17(23)22-10-13-4-3-5-14(9-13)18(19,20)21/h3-9H,10-11H2,1-2H3,(H,22,23). The molecular formula is C18H18F3NO3. The van der Waals surface area contributed by atoms with Crippen LogP contribution in [0.15, 0.2) is 42.5 Å². The summed E-state index contributed by atoms with van der Waals surface area (Å²) in [6.07, 6.45) is -4.41. The number of rotatable bonds is 6. The number of amides is 1. The molecule has 0 unspecified atom stereocenters. The van der Waals surface area contributed by atoms with E-state index in [0.29, 0.717) is 17.1 Å². The van der Waals surface area contributed by atoms with Gasteiger partial charge in [-0.05, 0) is 42.3 Å². The Balaban J connectivity index is 1.89. The monoisotopic (exact) mass is 353 g/mol. The van der Waals surface area contributed by atoms with Gasteiger partial charge in [-0.1, -0.05) is 18.2 Å². The van der Waals surface area contributed by atoms with E-state index in [1.165, 1.54) is 19.2 Å². The Labute approximate surface area is 143 Å². The van der Waals surface area contributed by atoms with Crippen LogP contribution in [0.5, 0.6) is 11.5 Å². The number of hydrogen-bond acceptors (Lipinski definition) is 3. The summed E-state index contributed by atoms with van der Waals surface area (Å²) in [6, 6.07) is 10.1. The Kier molecular flexibility index (Phi) is 5.90. The molecule has 0 fully saturated rings. The van der Waals surface area contributed by atoms with Crippen molar-refractivity contribution in [2.75, 3.05) is 13.7 Å². The molecule has 1 amide bonds. The fourth-order valence-electron chi connectivity index (χ4n) is 2.15. The zero-order chi connectivity index (χ0) is 18.4. The number of methoxy groups -OCH3 is 1. The molecule has 0 saturated heterocycles. The highest BCUT2D eigenvalue weighted by molar-refractivity contribution is 5.77. The fourth-order valence-corrected chi connectivity index (χ4v) is 2.15. The molecule has 0 aliphatic heterocycles. The minimum absolute atomic E-state index is 0.0167. The highest BCUT2D eigenvalue weighted by Crippen LogP contribution is 2.29. The molecule has 1 N–H and O–H groups in total. The lowest BCUT2D eigenvalue weighted by Gasteiger charge is -2.12. The average molecular weight is 353 g/mol. The van der Waals surface area contributed by atoms with Gasteiger partial charge >= 0.3 is 6.18 Å². The lowest BCUT2D eigenvalue weighted by molar-refractivity contribution is -0.137. The van der Waals surface area contributed by atoms with Gasteiger partial charge in [0.05, 0.1) is 12.7 Å². The van der Waals surface area contributed by atoms with E-state index < -0.39 is 17.6 Å². The smallest absolute Gasteiger partial charge is 0.416 e. The molecule has 0 radical (unpaired) electrons. The third-order valence-corrected chi connectivity index (χ3v) is 3.42. The third kappa shape index (κ3) is 5.41. The number of benzene rings is 2. The van der Waals surface area contributed by atoms with Crippen molar-refractivity contribution in [3.63, 3.8) is 0 Å². The summed E-state index contributed by atoms with van der Waals surface area (Å²) in [6.45, 7) is 1.61. The van der Waals surface area contributed by atoms with Crippen LogP contribution >= 0.6 is 0 Å². The van der Waals surface area contributed by atoms with Crippen molar-refractivity contribution in [2.24, 2.45) is 0 Å². The van der Waals surface area contributed by atoms with E-state index in [9.17, 15) is 18.0 Å². The van der Waals surface area contributed by atoms with Gasteiger partial charge in [-0.3, -0.25) is 4.79 Å². The fraction of sp³-hybridized carbons (Fsp3) is 0.278. The summed E-state index contributed by atoms with van der Waals surface area (Å²) in [5, 5.41) is 2.52. The van der Waals surface area contributed by atoms with Gasteiger partial charge in [-0.15, -0.1) is 0 Å². The molecule has 0 aliphatic carbocycles. The first-order chi connectivity index (χ1) is 11.8. The first-order valence-corrected chi connectivity index (χ1v) is 7.50. The molecule has 0 saturated carbocycles. The lowest BCUT2D eigenvalue weighted by atomic mass is 10.1. The number of halogens is 3. The zero-order valence-electron chi connectivity index (χ0n) is 13.8. The second-order valence-corrected chi connectivity index (χ2v) is 5.42. The first-order valence-electron chi connectivity index (χ1n) is 7.50. The minimum atomic E-state index is -4.41. The Morgan fingerprint density at radius 2 is 1.88 bits per heavy atom. The maximum Gasteiger partial charge on any atom is 0.416 e. The maximum atomic E-state index is 12.7. The van der Waals surface area contributed by atoms with Gasteiger partial charge in [0.2, 0.25) is 0 Å². The van der Waals surface area contributed by atoms with E-state index in [0.717, 1.165) is 17.7 Å². The second kappa shape index (κ2) is 7.92. The van der Waals surface area contributed by atoms with Crippen LogP contribution in [0.2, 0.25) is 0 Å². The van der Waals surface area contributed by atoms with E-state index in [1.807, 2.05) is 13.0 Å². The number of hydrogen-bond donors (Lipinski definition) is 1. The zero-order valence-corrected chi connectivity index (χ0v) is 13.8. The van der Waals surface area contributed by atoms with Crippen molar-refractivity contribution in [3.8, 4) is 11.5 Å². The van der Waals surface area contributed by atoms with Crippen molar-refractivity contribution in [3.05, 3.63) is 59.2 Å². The number of ether oxygens (including phenoxy) is 2. The van der Waals surface area contributed by atoms with Crippen molar-refractivity contribution < 1.29 is 27.4 Å². The number of carbonyl (C=O) groups is 1. The van der Waals surface area contributed by atoms with Crippen LogP contribution in [-0.4, -0.2) is 19.6 Å². The van der Waals surface area contributed by atoms with Crippen LogP contribution in [0.25, 0.3) is 0 Å². The number of alkyl halides is 3. The summed E-state index contributed by atoms with van der Waals surface area (Å²) in [5.41, 5.74) is 0.592. The number of aryl methyl sites for hydroxylation is 1. The highest BCUT2D eigenvalue weighted by atomic mass is 19.4. The molecule has 2 aromatic rings. The predicted octanol–water partition coefficient (Wildman–Crippen LogP) is 3.72. The molecule has 0 aromatic heterocycles. The summed E-state index contributed by atoms with van der Waals surface area (Å²) in [4.78, 5) is 11.8. The van der Waals surface area contributed by atoms with E-state index in [1.54, 1.807) is 12.1 Å². The van der Waals surface area contributed by atoms with E-state index >= 15 is 0 Å². The Morgan fingerprint density at radius 1 is 1.12 bits per heavy atom. The summed E-state index contributed by atoms with van der Waals surface area (Å²) < 4.78 is 48.5. The van der Waals surface area contributed by atoms with E-state index in [4.69, 9.17) is 9.47 Å². The topological polar surface area (TPSA) is 47.6 Å². The van der Waals surface area contributed by atoms with E-state index in [-0.39, 0.29) is 13.2 Å². The normalized spacial score (nSPS) is 11.1. The molecule has 0 heterocycles. The molecule has 2 rings (SSSR count). The van der Waals surface area contributed by atoms with Crippen molar-refractivity contribution in [2.45, 2.75) is 19.6 Å². The molecule has 25 heavy (non-hydrogen) atoms. The van der Waals surface area contributed by atoms with Gasteiger partial charge in [-0.25, -0.2) is 0 Å². The lowest BCUT2D eigenvalue weighted by Crippen LogP contribution is -2.28. The number of carbonyl (C=O) groups excluding carboxylic acids is 1. The van der Waals surface area contributed by atoms with Crippen LogP contribution in [0, 0.1) is 6.92 Å².